The number of hydrogen-bond acceptors (Lipinski definition) is 10. The van der Waals surface area contributed by atoms with Crippen molar-refractivity contribution in [1.29, 1.82) is 0 Å². The summed E-state index contributed by atoms with van der Waals surface area (Å²) in [6.45, 7) is 13.8. The van der Waals surface area contributed by atoms with E-state index in [1.54, 1.807) is 16.8 Å². The van der Waals surface area contributed by atoms with Crippen LogP contribution in [0.1, 0.15) is 62.4 Å². The van der Waals surface area contributed by atoms with Gasteiger partial charge in [0.05, 0.1) is 0 Å². The molecule has 49 heavy (non-hydrogen) atoms. The van der Waals surface area contributed by atoms with Crippen LogP contribution in [-0.4, -0.2) is 114 Å². The summed E-state index contributed by atoms with van der Waals surface area (Å²) in [7, 11) is 0. The number of carbonyl (C=O) groups is 4. The molecular weight excluding hydrogens is 643 g/mol. The summed E-state index contributed by atoms with van der Waals surface area (Å²) in [5.74, 6) is -0.780. The van der Waals surface area contributed by atoms with E-state index in [0.717, 1.165) is 76.5 Å². The molecule has 7 rings (SSSR count). The van der Waals surface area contributed by atoms with Crippen molar-refractivity contribution in [3.8, 4) is 0 Å². The first kappa shape index (κ1) is 33.7. The van der Waals surface area contributed by atoms with Gasteiger partial charge in [-0.2, -0.15) is 0 Å². The van der Waals surface area contributed by atoms with Gasteiger partial charge in [0.2, 0.25) is 11.8 Å². The predicted octanol–water partition coefficient (Wildman–Crippen LogP) is 3.45. The van der Waals surface area contributed by atoms with E-state index < -0.39 is 11.6 Å². The maximum Gasteiger partial charge on any atom is 0.407 e. The predicted molar refractivity (Wildman–Crippen MR) is 189 cm³/mol. The molecule has 5 heterocycles. The Hall–Kier alpha value is -3.81. The number of ether oxygens (including phenoxy) is 1. The Morgan fingerprint density at radius 2 is 1.63 bits per heavy atom. The smallest absolute Gasteiger partial charge is 0.407 e. The molecule has 2 aromatic rings. The Balaban J connectivity index is 0.853. The summed E-state index contributed by atoms with van der Waals surface area (Å²) < 4.78 is 7.81. The zero-order chi connectivity index (χ0) is 34.3. The highest BCUT2D eigenvalue weighted by molar-refractivity contribution is 7.97. The molecule has 262 valence electrons. The first-order valence-electron chi connectivity index (χ1n) is 17.5. The Labute approximate surface area is 292 Å². The molecule has 0 bridgehead atoms. The lowest BCUT2D eigenvalue weighted by Crippen LogP contribution is -2.63. The van der Waals surface area contributed by atoms with Gasteiger partial charge in [-0.15, -0.1) is 0 Å². The van der Waals surface area contributed by atoms with E-state index in [2.05, 4.69) is 60.0 Å². The number of imide groups is 1. The number of rotatable bonds is 7. The third-order valence-corrected chi connectivity index (χ3v) is 11.2. The summed E-state index contributed by atoms with van der Waals surface area (Å²) in [6, 6.07) is 14.9. The molecule has 12 nitrogen and oxygen atoms in total. The Morgan fingerprint density at radius 3 is 2.35 bits per heavy atom. The van der Waals surface area contributed by atoms with Gasteiger partial charge in [0.15, 0.2) is 0 Å². The molecule has 0 radical (unpaired) electrons. The topological polar surface area (TPSA) is 118 Å². The highest BCUT2D eigenvalue weighted by Gasteiger charge is 2.40. The molecule has 2 aromatic carbocycles. The molecule has 1 atom stereocenters. The molecule has 0 aliphatic carbocycles. The molecule has 1 unspecified atom stereocenters. The minimum absolute atomic E-state index is 0.131. The van der Waals surface area contributed by atoms with Crippen LogP contribution < -0.4 is 20.4 Å². The van der Waals surface area contributed by atoms with Gasteiger partial charge in [0, 0.05) is 99.2 Å². The van der Waals surface area contributed by atoms with Gasteiger partial charge < -0.3 is 24.8 Å². The third-order valence-electron chi connectivity index (χ3n) is 10.2. The molecule has 4 saturated heterocycles. The second-order valence-electron chi connectivity index (χ2n) is 14.8. The van der Waals surface area contributed by atoms with Crippen molar-refractivity contribution in [3.05, 3.63) is 53.6 Å². The Bertz CT molecular complexity index is 1590. The van der Waals surface area contributed by atoms with Gasteiger partial charge in [-0.3, -0.25) is 24.6 Å². The second-order valence-corrected chi connectivity index (χ2v) is 15.9. The largest absolute Gasteiger partial charge is 0.444 e. The van der Waals surface area contributed by atoms with Crippen molar-refractivity contribution in [2.24, 2.45) is 0 Å². The standard InChI is InChI=1S/C36H47N7O5S/c1-36(2,3)48-35(47)37-25-11-13-42(14-12-25)49-29-6-4-5-26(20-29)41-22-28(23-41)40-17-15-39(16-18-40)27-7-8-30-24(19-27)21-43(34(30)46)31-9-10-32(44)38-33(31)45/h4-8,19-20,25,28,31H,9-18,21-23H2,1-3H3,(H,37,47)(H,38,44,45). The van der Waals surface area contributed by atoms with Crippen molar-refractivity contribution < 1.29 is 23.9 Å². The van der Waals surface area contributed by atoms with E-state index in [9.17, 15) is 19.2 Å². The molecule has 13 heteroatoms. The fraction of sp³-hybridized carbons (Fsp3) is 0.556. The number of carbonyl (C=O) groups excluding carboxylic acids is 4. The van der Waals surface area contributed by atoms with E-state index in [4.69, 9.17) is 4.74 Å². The van der Waals surface area contributed by atoms with Gasteiger partial charge in [0.1, 0.15) is 11.6 Å². The van der Waals surface area contributed by atoms with Crippen molar-refractivity contribution in [2.45, 2.75) is 81.6 Å². The van der Waals surface area contributed by atoms with Crippen LogP contribution in [0.2, 0.25) is 0 Å². The first-order chi connectivity index (χ1) is 23.5. The average Bonchev–Trinajstić information content (AvgIpc) is 3.36. The lowest BCUT2D eigenvalue weighted by molar-refractivity contribution is -0.136. The zero-order valence-corrected chi connectivity index (χ0v) is 29.5. The SMILES string of the molecule is CC(C)(C)OC(=O)NC1CCN(Sc2cccc(N3CC(N4CCN(c5ccc6c(c5)CN(C5CCC(=O)NC5=O)C6=O)CC4)C3)c2)CC1. The Kier molecular flexibility index (Phi) is 9.51. The van der Waals surface area contributed by atoms with E-state index in [1.807, 2.05) is 32.9 Å². The summed E-state index contributed by atoms with van der Waals surface area (Å²) in [5, 5.41) is 5.40. The first-order valence-corrected chi connectivity index (χ1v) is 18.3. The Morgan fingerprint density at radius 1 is 0.898 bits per heavy atom. The van der Waals surface area contributed by atoms with Gasteiger partial charge in [-0.25, -0.2) is 9.10 Å². The van der Waals surface area contributed by atoms with Gasteiger partial charge in [-0.05, 0) is 93.9 Å². The number of hydrogen-bond donors (Lipinski definition) is 2. The molecule has 4 fully saturated rings. The van der Waals surface area contributed by atoms with Crippen molar-refractivity contribution >= 4 is 47.1 Å². The van der Waals surface area contributed by atoms with Crippen LogP contribution in [0.15, 0.2) is 47.4 Å². The van der Waals surface area contributed by atoms with Gasteiger partial charge in [-0.1, -0.05) is 6.07 Å². The number of anilines is 2. The van der Waals surface area contributed by atoms with Gasteiger partial charge >= 0.3 is 6.09 Å². The quantitative estimate of drug-likeness (QED) is 0.331. The number of amides is 4. The maximum absolute atomic E-state index is 13.1. The number of fused-ring (bicyclic) bond motifs is 1. The van der Waals surface area contributed by atoms with Crippen molar-refractivity contribution in [3.63, 3.8) is 0 Å². The fourth-order valence-electron chi connectivity index (χ4n) is 7.45. The maximum atomic E-state index is 13.1. The molecule has 5 aliphatic rings. The fourth-order valence-corrected chi connectivity index (χ4v) is 8.46. The van der Waals surface area contributed by atoms with Gasteiger partial charge in [0.25, 0.3) is 5.91 Å². The molecule has 0 aromatic heterocycles. The second kappa shape index (κ2) is 13.8. The average molecular weight is 690 g/mol. The number of nitrogens with one attached hydrogen (secondary N) is 2. The van der Waals surface area contributed by atoms with Crippen LogP contribution >= 0.6 is 11.9 Å². The number of alkyl carbamates (subject to hydrolysis) is 1. The highest BCUT2D eigenvalue weighted by atomic mass is 32.2. The van der Waals surface area contributed by atoms with Crippen LogP contribution in [0.3, 0.4) is 0 Å². The van der Waals surface area contributed by atoms with Crippen LogP contribution in [0.25, 0.3) is 0 Å². The zero-order valence-electron chi connectivity index (χ0n) is 28.7. The van der Waals surface area contributed by atoms with Crippen LogP contribution in [0.4, 0.5) is 16.2 Å². The molecule has 0 spiro atoms. The molecule has 0 saturated carbocycles. The summed E-state index contributed by atoms with van der Waals surface area (Å²) in [5.41, 5.74) is 3.49. The molecule has 2 N–H and O–H groups in total. The van der Waals surface area contributed by atoms with Crippen LogP contribution in [0, 0.1) is 0 Å². The summed E-state index contributed by atoms with van der Waals surface area (Å²) >= 11 is 1.80. The number of benzene rings is 2. The minimum Gasteiger partial charge on any atom is -0.444 e. The van der Waals surface area contributed by atoms with Crippen LogP contribution in [-0.2, 0) is 20.9 Å². The van der Waals surface area contributed by atoms with E-state index in [1.165, 1.54) is 10.6 Å². The van der Waals surface area contributed by atoms with E-state index >= 15 is 0 Å². The summed E-state index contributed by atoms with van der Waals surface area (Å²) in [4.78, 5) is 59.6. The van der Waals surface area contributed by atoms with Crippen LogP contribution in [0.5, 0.6) is 0 Å². The minimum atomic E-state index is -0.591. The normalized spacial score (nSPS) is 23.0. The lowest BCUT2D eigenvalue weighted by Gasteiger charge is -2.49. The molecular formula is C36H47N7O5S. The molecule has 5 aliphatic heterocycles. The third kappa shape index (κ3) is 7.68. The number of piperazine rings is 1. The van der Waals surface area contributed by atoms with Crippen molar-refractivity contribution in [2.75, 3.05) is 62.2 Å². The monoisotopic (exact) mass is 689 g/mol. The van der Waals surface area contributed by atoms with E-state index in [-0.39, 0.29) is 36.3 Å². The van der Waals surface area contributed by atoms with E-state index in [0.29, 0.717) is 24.6 Å². The highest BCUT2D eigenvalue weighted by Crippen LogP contribution is 2.33. The molecule has 4 amide bonds. The van der Waals surface area contributed by atoms with Crippen molar-refractivity contribution in [1.82, 2.24) is 24.7 Å². The number of nitrogens with zero attached hydrogens (tertiary/aromatic N) is 5. The lowest BCUT2D eigenvalue weighted by atomic mass is 10.0. The summed E-state index contributed by atoms with van der Waals surface area (Å²) in [6.07, 6.45) is 2.11. The number of piperidine rings is 2.